The van der Waals surface area contributed by atoms with E-state index in [4.69, 9.17) is 9.15 Å². The van der Waals surface area contributed by atoms with Gasteiger partial charge in [-0.15, -0.1) is 0 Å². The molecule has 0 aliphatic heterocycles. The third-order valence-corrected chi connectivity index (χ3v) is 2.73. The molecule has 1 fully saturated rings. The number of carbonyl (C=O) groups excluding carboxylic acids is 1. The van der Waals surface area contributed by atoms with E-state index >= 15 is 0 Å². The van der Waals surface area contributed by atoms with Crippen LogP contribution in [0.15, 0.2) is 40.8 Å². The van der Waals surface area contributed by atoms with Gasteiger partial charge in [-0.25, -0.2) is 4.39 Å². The molecule has 1 aliphatic carbocycles. The van der Waals surface area contributed by atoms with Gasteiger partial charge in [-0.3, -0.25) is 4.79 Å². The zero-order valence-electron chi connectivity index (χ0n) is 10.1. The van der Waals surface area contributed by atoms with Crippen molar-refractivity contribution in [3.05, 3.63) is 48.0 Å². The second-order valence-corrected chi connectivity index (χ2v) is 4.43. The summed E-state index contributed by atoms with van der Waals surface area (Å²) in [5.41, 5.74) is 0. The standard InChI is InChI=1S/C14H12FNO3/c15-9-2-1-3-11(8-9)18-13-7-6-12(19-13)14(17)16-10-4-5-10/h1-3,6-8,10H,4-5H2,(H,16,17). The van der Waals surface area contributed by atoms with Crippen LogP contribution in [0, 0.1) is 5.82 Å². The molecule has 0 saturated heterocycles. The first-order valence-electron chi connectivity index (χ1n) is 6.05. The molecule has 1 heterocycles. The smallest absolute Gasteiger partial charge is 0.290 e. The van der Waals surface area contributed by atoms with E-state index in [9.17, 15) is 9.18 Å². The van der Waals surface area contributed by atoms with E-state index in [0.29, 0.717) is 5.75 Å². The summed E-state index contributed by atoms with van der Waals surface area (Å²) in [6.07, 6.45) is 2.03. The third-order valence-electron chi connectivity index (χ3n) is 2.73. The van der Waals surface area contributed by atoms with Crippen molar-refractivity contribution in [3.63, 3.8) is 0 Å². The van der Waals surface area contributed by atoms with E-state index in [-0.39, 0.29) is 23.7 Å². The molecule has 0 bridgehead atoms. The number of furan rings is 1. The predicted molar refractivity (Wildman–Crippen MR) is 65.7 cm³/mol. The van der Waals surface area contributed by atoms with Crippen LogP contribution in [0.1, 0.15) is 23.4 Å². The van der Waals surface area contributed by atoms with Crippen molar-refractivity contribution in [2.24, 2.45) is 0 Å². The number of benzene rings is 1. The van der Waals surface area contributed by atoms with Gasteiger partial charge in [-0.2, -0.15) is 0 Å². The van der Waals surface area contributed by atoms with Crippen LogP contribution < -0.4 is 10.1 Å². The number of hydrogen-bond donors (Lipinski definition) is 1. The normalized spacial score (nSPS) is 14.2. The van der Waals surface area contributed by atoms with Crippen molar-refractivity contribution in [1.29, 1.82) is 0 Å². The van der Waals surface area contributed by atoms with Gasteiger partial charge in [-0.05, 0) is 31.0 Å². The molecule has 1 amide bonds. The summed E-state index contributed by atoms with van der Waals surface area (Å²) < 4.78 is 23.6. The fourth-order valence-corrected chi connectivity index (χ4v) is 1.63. The maximum Gasteiger partial charge on any atom is 0.290 e. The summed E-state index contributed by atoms with van der Waals surface area (Å²) in [5.74, 6) is 0.0284. The van der Waals surface area contributed by atoms with Crippen LogP contribution in [0.5, 0.6) is 11.7 Å². The van der Waals surface area contributed by atoms with E-state index in [1.807, 2.05) is 0 Å². The Hall–Kier alpha value is -2.30. The number of nitrogens with one attached hydrogen (secondary N) is 1. The van der Waals surface area contributed by atoms with Gasteiger partial charge in [-0.1, -0.05) is 6.07 Å². The summed E-state index contributed by atoms with van der Waals surface area (Å²) in [5, 5.41) is 2.81. The van der Waals surface area contributed by atoms with Gasteiger partial charge in [0.1, 0.15) is 11.6 Å². The van der Waals surface area contributed by atoms with Crippen molar-refractivity contribution < 1.29 is 18.3 Å². The molecule has 1 saturated carbocycles. The SMILES string of the molecule is O=C(NC1CC1)c1ccc(Oc2cccc(F)c2)o1. The molecule has 5 heteroatoms. The highest BCUT2D eigenvalue weighted by Crippen LogP contribution is 2.25. The van der Waals surface area contributed by atoms with Gasteiger partial charge in [0.2, 0.25) is 0 Å². The zero-order chi connectivity index (χ0) is 13.2. The molecule has 1 aliphatic rings. The molecule has 1 N–H and O–H groups in total. The average Bonchev–Trinajstić information content (AvgIpc) is 3.06. The minimum atomic E-state index is -0.393. The first-order valence-corrected chi connectivity index (χ1v) is 6.05. The van der Waals surface area contributed by atoms with Crippen molar-refractivity contribution in [2.45, 2.75) is 18.9 Å². The monoisotopic (exact) mass is 261 g/mol. The van der Waals surface area contributed by atoms with Crippen LogP contribution in [-0.2, 0) is 0 Å². The molecule has 0 atom stereocenters. The van der Waals surface area contributed by atoms with Crippen LogP contribution in [0.2, 0.25) is 0 Å². The second-order valence-electron chi connectivity index (χ2n) is 4.43. The highest BCUT2D eigenvalue weighted by Gasteiger charge is 2.25. The van der Waals surface area contributed by atoms with E-state index < -0.39 is 5.82 Å². The lowest BCUT2D eigenvalue weighted by atomic mass is 10.3. The van der Waals surface area contributed by atoms with Crippen LogP contribution >= 0.6 is 0 Å². The minimum absolute atomic E-state index is 0.159. The number of rotatable bonds is 4. The Labute approximate surface area is 109 Å². The quantitative estimate of drug-likeness (QED) is 0.920. The van der Waals surface area contributed by atoms with Gasteiger partial charge < -0.3 is 14.5 Å². The molecule has 98 valence electrons. The molecular weight excluding hydrogens is 249 g/mol. The van der Waals surface area contributed by atoms with Gasteiger partial charge in [0.15, 0.2) is 5.76 Å². The lowest BCUT2D eigenvalue weighted by Gasteiger charge is -2.02. The van der Waals surface area contributed by atoms with Crippen molar-refractivity contribution in [1.82, 2.24) is 5.32 Å². The van der Waals surface area contributed by atoms with Crippen LogP contribution in [0.4, 0.5) is 4.39 Å². The molecule has 2 aromatic rings. The summed E-state index contributed by atoms with van der Waals surface area (Å²) in [4.78, 5) is 11.7. The summed E-state index contributed by atoms with van der Waals surface area (Å²) in [6, 6.07) is 9.05. The minimum Gasteiger partial charge on any atom is -0.426 e. The van der Waals surface area contributed by atoms with Crippen LogP contribution in [0.3, 0.4) is 0 Å². The van der Waals surface area contributed by atoms with Crippen LogP contribution in [-0.4, -0.2) is 11.9 Å². The molecule has 3 rings (SSSR count). The Bertz CT molecular complexity index is 604. The highest BCUT2D eigenvalue weighted by molar-refractivity contribution is 5.92. The van der Waals surface area contributed by atoms with E-state index in [1.165, 1.54) is 30.3 Å². The summed E-state index contributed by atoms with van der Waals surface area (Å²) in [6.45, 7) is 0. The molecule has 0 radical (unpaired) electrons. The Morgan fingerprint density at radius 3 is 2.89 bits per heavy atom. The molecule has 0 unspecified atom stereocenters. The van der Waals surface area contributed by atoms with Crippen molar-refractivity contribution >= 4 is 5.91 Å². The Kier molecular flexibility index (Phi) is 2.95. The molecular formula is C14H12FNO3. The first kappa shape index (κ1) is 11.8. The largest absolute Gasteiger partial charge is 0.426 e. The molecule has 1 aromatic heterocycles. The van der Waals surface area contributed by atoms with Gasteiger partial charge >= 0.3 is 0 Å². The Balaban J connectivity index is 1.68. The number of ether oxygens (including phenoxy) is 1. The Morgan fingerprint density at radius 1 is 1.32 bits per heavy atom. The maximum atomic E-state index is 13.0. The fraction of sp³-hybridized carbons (Fsp3) is 0.214. The van der Waals surface area contributed by atoms with E-state index in [1.54, 1.807) is 6.07 Å². The predicted octanol–water partition coefficient (Wildman–Crippen LogP) is 3.10. The number of amides is 1. The molecule has 1 aromatic carbocycles. The van der Waals surface area contributed by atoms with Gasteiger partial charge in [0.05, 0.1) is 0 Å². The number of hydrogen-bond acceptors (Lipinski definition) is 3. The van der Waals surface area contributed by atoms with Crippen molar-refractivity contribution in [2.75, 3.05) is 0 Å². The maximum absolute atomic E-state index is 13.0. The molecule has 19 heavy (non-hydrogen) atoms. The third kappa shape index (κ3) is 2.93. The average molecular weight is 261 g/mol. The zero-order valence-corrected chi connectivity index (χ0v) is 10.1. The summed E-state index contributed by atoms with van der Waals surface area (Å²) >= 11 is 0. The Morgan fingerprint density at radius 2 is 2.16 bits per heavy atom. The number of halogens is 1. The first-order chi connectivity index (χ1) is 9.20. The van der Waals surface area contributed by atoms with Crippen molar-refractivity contribution in [3.8, 4) is 11.7 Å². The lowest BCUT2D eigenvalue weighted by Crippen LogP contribution is -2.24. The van der Waals surface area contributed by atoms with E-state index in [0.717, 1.165) is 12.8 Å². The van der Waals surface area contributed by atoms with E-state index in [2.05, 4.69) is 5.32 Å². The fourth-order valence-electron chi connectivity index (χ4n) is 1.63. The highest BCUT2D eigenvalue weighted by atomic mass is 19.1. The molecule has 0 spiro atoms. The lowest BCUT2D eigenvalue weighted by molar-refractivity contribution is 0.0918. The topological polar surface area (TPSA) is 51.5 Å². The van der Waals surface area contributed by atoms with Gasteiger partial charge in [0.25, 0.3) is 11.9 Å². The number of carbonyl (C=O) groups is 1. The molecule has 4 nitrogen and oxygen atoms in total. The van der Waals surface area contributed by atoms with Crippen LogP contribution in [0.25, 0.3) is 0 Å². The van der Waals surface area contributed by atoms with Gasteiger partial charge in [0, 0.05) is 18.2 Å². The summed E-state index contributed by atoms with van der Waals surface area (Å²) in [7, 11) is 0. The second kappa shape index (κ2) is 4.76.